The molecule has 0 saturated heterocycles. The van der Waals surface area contributed by atoms with Crippen LogP contribution in [0.5, 0.6) is 0 Å². The molecule has 1 amide bonds. The number of carbonyl (C=O) groups is 1. The van der Waals surface area contributed by atoms with Gasteiger partial charge in [-0.3, -0.25) is 4.79 Å². The fraction of sp³-hybridized carbons (Fsp3) is 0.286. The summed E-state index contributed by atoms with van der Waals surface area (Å²) in [5.74, 6) is 0.984. The first-order valence-electron chi connectivity index (χ1n) is 6.65. The molecular weight excluding hydrogens is 302 g/mol. The molecule has 7 nitrogen and oxygen atoms in total. The normalized spacial score (nSPS) is 10.4. The molecule has 116 valence electrons. The third kappa shape index (κ3) is 4.32. The minimum atomic E-state index is -0.0163. The summed E-state index contributed by atoms with van der Waals surface area (Å²) in [6, 6.07) is 3.65. The molecule has 0 saturated carbocycles. The predicted molar refractivity (Wildman–Crippen MR) is 83.3 cm³/mol. The van der Waals surface area contributed by atoms with E-state index in [1.807, 2.05) is 6.07 Å². The Hall–Kier alpha value is -2.35. The number of nitrogens with zero attached hydrogens (tertiary/aromatic N) is 5. The third-order valence-electron chi connectivity index (χ3n) is 2.76. The first kappa shape index (κ1) is 16.0. The number of thioether (sulfide) groups is 1. The van der Waals surface area contributed by atoms with Crippen molar-refractivity contribution >= 4 is 17.7 Å². The van der Waals surface area contributed by atoms with Crippen LogP contribution in [-0.2, 0) is 11.3 Å². The van der Waals surface area contributed by atoms with E-state index < -0.39 is 0 Å². The zero-order valence-electron chi connectivity index (χ0n) is 12.1. The van der Waals surface area contributed by atoms with Crippen molar-refractivity contribution < 1.29 is 9.21 Å². The van der Waals surface area contributed by atoms with E-state index in [1.165, 1.54) is 11.8 Å². The Bertz CT molecular complexity index is 613. The second kappa shape index (κ2) is 8.18. The number of hydrogen-bond acceptors (Lipinski definition) is 6. The average Bonchev–Trinajstić information content (AvgIpc) is 3.17. The maximum absolute atomic E-state index is 12.2. The summed E-state index contributed by atoms with van der Waals surface area (Å²) in [4.78, 5) is 13.8. The summed E-state index contributed by atoms with van der Waals surface area (Å²) < 4.78 is 6.87. The standard InChI is InChI=1S/C14H17N5O2S/c1-3-7-18(8-4-2)13(20)11-22-14-15-16-17-19(14)10-12-6-5-9-21-12/h3-6,9H,1-2,7-8,10-11H2. The van der Waals surface area contributed by atoms with Gasteiger partial charge in [0, 0.05) is 13.1 Å². The highest BCUT2D eigenvalue weighted by molar-refractivity contribution is 7.99. The number of amides is 1. The van der Waals surface area contributed by atoms with Crippen molar-refractivity contribution in [2.45, 2.75) is 11.7 Å². The fourth-order valence-electron chi connectivity index (χ4n) is 1.76. The van der Waals surface area contributed by atoms with Crippen LogP contribution < -0.4 is 0 Å². The minimum Gasteiger partial charge on any atom is -0.467 e. The summed E-state index contributed by atoms with van der Waals surface area (Å²) in [7, 11) is 0. The molecule has 0 aliphatic heterocycles. The van der Waals surface area contributed by atoms with E-state index in [1.54, 1.807) is 34.1 Å². The molecule has 8 heteroatoms. The predicted octanol–water partition coefficient (Wildman–Crippen LogP) is 1.61. The van der Waals surface area contributed by atoms with Crippen LogP contribution in [0.15, 0.2) is 53.3 Å². The Morgan fingerprint density at radius 2 is 2.18 bits per heavy atom. The lowest BCUT2D eigenvalue weighted by Gasteiger charge is -2.18. The lowest BCUT2D eigenvalue weighted by Crippen LogP contribution is -2.32. The largest absolute Gasteiger partial charge is 0.467 e. The molecule has 2 aromatic heterocycles. The lowest BCUT2D eigenvalue weighted by molar-refractivity contribution is -0.127. The van der Waals surface area contributed by atoms with E-state index >= 15 is 0 Å². The molecule has 0 N–H and O–H groups in total. The smallest absolute Gasteiger partial charge is 0.233 e. The van der Waals surface area contributed by atoms with Gasteiger partial charge in [-0.1, -0.05) is 23.9 Å². The van der Waals surface area contributed by atoms with Gasteiger partial charge in [-0.05, 0) is 22.6 Å². The number of tetrazole rings is 1. The topological polar surface area (TPSA) is 77.1 Å². The lowest BCUT2D eigenvalue weighted by atomic mass is 10.4. The summed E-state index contributed by atoms with van der Waals surface area (Å²) in [6.45, 7) is 8.71. The van der Waals surface area contributed by atoms with Gasteiger partial charge in [0.15, 0.2) is 0 Å². The van der Waals surface area contributed by atoms with Gasteiger partial charge in [-0.2, -0.15) is 0 Å². The molecule has 0 aliphatic carbocycles. The van der Waals surface area contributed by atoms with E-state index in [0.717, 1.165) is 5.76 Å². The Balaban J connectivity index is 1.93. The number of carbonyl (C=O) groups excluding carboxylic acids is 1. The maximum atomic E-state index is 12.2. The second-order valence-corrected chi connectivity index (χ2v) is 5.31. The fourth-order valence-corrected chi connectivity index (χ4v) is 2.54. The monoisotopic (exact) mass is 319 g/mol. The maximum Gasteiger partial charge on any atom is 0.233 e. The van der Waals surface area contributed by atoms with Crippen molar-refractivity contribution in [2.75, 3.05) is 18.8 Å². The molecule has 2 aromatic rings. The van der Waals surface area contributed by atoms with Crippen molar-refractivity contribution in [3.63, 3.8) is 0 Å². The molecule has 0 unspecified atom stereocenters. The Labute approximate surface area is 132 Å². The highest BCUT2D eigenvalue weighted by atomic mass is 32.2. The molecule has 0 fully saturated rings. The van der Waals surface area contributed by atoms with Crippen LogP contribution >= 0.6 is 11.8 Å². The van der Waals surface area contributed by atoms with E-state index in [0.29, 0.717) is 24.8 Å². The molecule has 0 atom stereocenters. The van der Waals surface area contributed by atoms with Gasteiger partial charge in [-0.15, -0.1) is 18.3 Å². The number of rotatable bonds is 9. The summed E-state index contributed by atoms with van der Waals surface area (Å²) in [6.07, 6.45) is 4.97. The Morgan fingerprint density at radius 3 is 2.82 bits per heavy atom. The van der Waals surface area contributed by atoms with Crippen LogP contribution in [0.3, 0.4) is 0 Å². The second-order valence-electron chi connectivity index (χ2n) is 4.36. The van der Waals surface area contributed by atoms with E-state index in [4.69, 9.17) is 4.42 Å². The van der Waals surface area contributed by atoms with Gasteiger partial charge in [0.1, 0.15) is 12.3 Å². The van der Waals surface area contributed by atoms with Crippen molar-refractivity contribution in [1.29, 1.82) is 0 Å². The Morgan fingerprint density at radius 1 is 1.41 bits per heavy atom. The third-order valence-corrected chi connectivity index (χ3v) is 3.70. The summed E-state index contributed by atoms with van der Waals surface area (Å²) in [5.41, 5.74) is 0. The van der Waals surface area contributed by atoms with Crippen LogP contribution in [0.25, 0.3) is 0 Å². The van der Waals surface area contributed by atoms with Gasteiger partial charge in [-0.25, -0.2) is 4.68 Å². The molecule has 0 aromatic carbocycles. The van der Waals surface area contributed by atoms with Crippen LogP contribution in [0, 0.1) is 0 Å². The first-order chi connectivity index (χ1) is 10.7. The van der Waals surface area contributed by atoms with Crippen LogP contribution in [-0.4, -0.2) is 49.9 Å². The summed E-state index contributed by atoms with van der Waals surface area (Å²) >= 11 is 1.29. The minimum absolute atomic E-state index is 0.0163. The van der Waals surface area contributed by atoms with Gasteiger partial charge >= 0.3 is 0 Å². The van der Waals surface area contributed by atoms with Gasteiger partial charge < -0.3 is 9.32 Å². The van der Waals surface area contributed by atoms with Crippen LogP contribution in [0.4, 0.5) is 0 Å². The van der Waals surface area contributed by atoms with Gasteiger partial charge in [0.2, 0.25) is 11.1 Å². The zero-order valence-corrected chi connectivity index (χ0v) is 12.9. The van der Waals surface area contributed by atoms with E-state index in [9.17, 15) is 4.79 Å². The van der Waals surface area contributed by atoms with Crippen molar-refractivity contribution in [1.82, 2.24) is 25.1 Å². The van der Waals surface area contributed by atoms with Crippen LogP contribution in [0.2, 0.25) is 0 Å². The molecule has 2 heterocycles. The molecule has 0 bridgehead atoms. The van der Waals surface area contributed by atoms with Gasteiger partial charge in [0.05, 0.1) is 12.0 Å². The highest BCUT2D eigenvalue weighted by Crippen LogP contribution is 2.16. The zero-order chi connectivity index (χ0) is 15.8. The molecule has 0 aliphatic rings. The number of hydrogen-bond donors (Lipinski definition) is 0. The highest BCUT2D eigenvalue weighted by Gasteiger charge is 2.15. The first-order valence-corrected chi connectivity index (χ1v) is 7.64. The van der Waals surface area contributed by atoms with E-state index in [-0.39, 0.29) is 11.7 Å². The van der Waals surface area contributed by atoms with Crippen LogP contribution in [0.1, 0.15) is 5.76 Å². The van der Waals surface area contributed by atoms with Crippen molar-refractivity contribution in [2.24, 2.45) is 0 Å². The van der Waals surface area contributed by atoms with Crippen molar-refractivity contribution in [3.05, 3.63) is 49.5 Å². The molecular formula is C14H17N5O2S. The number of furan rings is 1. The molecule has 22 heavy (non-hydrogen) atoms. The molecule has 0 radical (unpaired) electrons. The molecule has 0 spiro atoms. The summed E-state index contributed by atoms with van der Waals surface area (Å²) in [5, 5.41) is 12.0. The molecule has 2 rings (SSSR count). The van der Waals surface area contributed by atoms with E-state index in [2.05, 4.69) is 28.7 Å². The van der Waals surface area contributed by atoms with Crippen molar-refractivity contribution in [3.8, 4) is 0 Å². The van der Waals surface area contributed by atoms with Gasteiger partial charge in [0.25, 0.3) is 0 Å². The average molecular weight is 319 g/mol. The SMILES string of the molecule is C=CCN(CC=C)C(=O)CSc1nnnn1Cc1ccco1. The Kier molecular flexibility index (Phi) is 5.96. The quantitative estimate of drug-likeness (QED) is 0.516. The number of aromatic nitrogens is 4.